The first-order chi connectivity index (χ1) is 10.1. The number of nitrogens with zero attached hydrogens (tertiary/aromatic N) is 3. The SMILES string of the molecule is CN(CCn1cc(N)ccc1=O)Cc1cccc(C#N)c1. The van der Waals surface area contributed by atoms with E-state index in [0.29, 0.717) is 17.8 Å². The van der Waals surface area contributed by atoms with Crippen molar-refractivity contribution < 1.29 is 0 Å². The lowest BCUT2D eigenvalue weighted by Crippen LogP contribution is -2.28. The van der Waals surface area contributed by atoms with Gasteiger partial charge in [0.25, 0.3) is 5.56 Å². The van der Waals surface area contributed by atoms with Gasteiger partial charge in [0.05, 0.1) is 11.6 Å². The van der Waals surface area contributed by atoms with Gasteiger partial charge in [0.15, 0.2) is 0 Å². The zero-order valence-corrected chi connectivity index (χ0v) is 12.0. The summed E-state index contributed by atoms with van der Waals surface area (Å²) < 4.78 is 1.61. The molecule has 1 aromatic heterocycles. The zero-order valence-electron chi connectivity index (χ0n) is 12.0. The van der Waals surface area contributed by atoms with E-state index in [9.17, 15) is 4.79 Å². The van der Waals surface area contributed by atoms with E-state index in [4.69, 9.17) is 11.0 Å². The number of anilines is 1. The van der Waals surface area contributed by atoms with Crippen molar-refractivity contribution in [2.45, 2.75) is 13.1 Å². The molecule has 2 rings (SSSR count). The number of aromatic nitrogens is 1. The molecular weight excluding hydrogens is 264 g/mol. The molecule has 1 heterocycles. The van der Waals surface area contributed by atoms with Crippen LogP contribution in [0.2, 0.25) is 0 Å². The van der Waals surface area contributed by atoms with E-state index >= 15 is 0 Å². The molecule has 1 aromatic carbocycles. The Labute approximate surface area is 123 Å². The Morgan fingerprint density at radius 1 is 1.33 bits per heavy atom. The fraction of sp³-hybridized carbons (Fsp3) is 0.250. The number of nitrogens with two attached hydrogens (primary N) is 1. The first-order valence-corrected chi connectivity index (χ1v) is 6.72. The van der Waals surface area contributed by atoms with Crippen LogP contribution in [0.15, 0.2) is 47.4 Å². The van der Waals surface area contributed by atoms with E-state index in [-0.39, 0.29) is 5.56 Å². The molecule has 0 saturated carbocycles. The number of nitrogen functional groups attached to an aromatic ring is 1. The molecule has 0 bridgehead atoms. The fourth-order valence-electron chi connectivity index (χ4n) is 2.13. The van der Waals surface area contributed by atoms with Gasteiger partial charge in [0.2, 0.25) is 0 Å². The fourth-order valence-corrected chi connectivity index (χ4v) is 2.13. The summed E-state index contributed by atoms with van der Waals surface area (Å²) >= 11 is 0. The lowest BCUT2D eigenvalue weighted by molar-refractivity contribution is 0.310. The molecule has 0 amide bonds. The Bertz CT molecular complexity index is 715. The average molecular weight is 282 g/mol. The summed E-state index contributed by atoms with van der Waals surface area (Å²) in [6.45, 7) is 2.03. The Hall–Kier alpha value is -2.58. The number of hydrogen-bond donors (Lipinski definition) is 1. The monoisotopic (exact) mass is 282 g/mol. The Kier molecular flexibility index (Phi) is 4.75. The van der Waals surface area contributed by atoms with Gasteiger partial charge in [0, 0.05) is 37.6 Å². The molecule has 2 N–H and O–H groups in total. The van der Waals surface area contributed by atoms with Gasteiger partial charge in [0.1, 0.15) is 0 Å². The predicted molar refractivity (Wildman–Crippen MR) is 82.6 cm³/mol. The summed E-state index contributed by atoms with van der Waals surface area (Å²) in [6, 6.07) is 12.8. The number of likely N-dealkylation sites (N-methyl/N-ethyl adjacent to an activating group) is 1. The van der Waals surface area contributed by atoms with E-state index < -0.39 is 0 Å². The molecule has 5 nitrogen and oxygen atoms in total. The van der Waals surface area contributed by atoms with Crippen molar-refractivity contribution >= 4 is 5.69 Å². The zero-order chi connectivity index (χ0) is 15.2. The minimum absolute atomic E-state index is 0.0518. The molecule has 21 heavy (non-hydrogen) atoms. The summed E-state index contributed by atoms with van der Waals surface area (Å²) in [5, 5.41) is 8.89. The molecule has 2 aromatic rings. The molecule has 0 aliphatic heterocycles. The highest BCUT2D eigenvalue weighted by molar-refractivity contribution is 5.33. The van der Waals surface area contributed by atoms with Gasteiger partial charge >= 0.3 is 0 Å². The van der Waals surface area contributed by atoms with Gasteiger partial charge in [-0.05, 0) is 30.8 Å². The van der Waals surface area contributed by atoms with Crippen LogP contribution in [0.5, 0.6) is 0 Å². The largest absolute Gasteiger partial charge is 0.398 e. The van der Waals surface area contributed by atoms with E-state index in [1.54, 1.807) is 22.9 Å². The highest BCUT2D eigenvalue weighted by atomic mass is 16.1. The number of nitriles is 1. The van der Waals surface area contributed by atoms with Crippen LogP contribution in [0.4, 0.5) is 5.69 Å². The van der Waals surface area contributed by atoms with Crippen LogP contribution in [-0.2, 0) is 13.1 Å². The minimum Gasteiger partial charge on any atom is -0.398 e. The van der Waals surface area contributed by atoms with Gasteiger partial charge < -0.3 is 15.2 Å². The number of hydrogen-bond acceptors (Lipinski definition) is 4. The molecule has 0 aliphatic carbocycles. The molecule has 0 fully saturated rings. The lowest BCUT2D eigenvalue weighted by atomic mass is 10.1. The first-order valence-electron chi connectivity index (χ1n) is 6.72. The summed E-state index contributed by atoms with van der Waals surface area (Å²) in [5.74, 6) is 0. The van der Waals surface area contributed by atoms with Gasteiger partial charge in [-0.15, -0.1) is 0 Å². The third-order valence-electron chi connectivity index (χ3n) is 3.24. The van der Waals surface area contributed by atoms with Gasteiger partial charge in [-0.25, -0.2) is 0 Å². The predicted octanol–water partition coefficient (Wildman–Crippen LogP) is 1.43. The van der Waals surface area contributed by atoms with Crippen molar-refractivity contribution in [3.63, 3.8) is 0 Å². The molecule has 0 saturated heterocycles. The second kappa shape index (κ2) is 6.73. The van der Waals surface area contributed by atoms with Gasteiger partial charge in [-0.3, -0.25) is 4.79 Å². The number of benzene rings is 1. The van der Waals surface area contributed by atoms with Crippen molar-refractivity contribution in [2.24, 2.45) is 0 Å². The van der Waals surface area contributed by atoms with E-state index in [0.717, 1.165) is 18.7 Å². The van der Waals surface area contributed by atoms with Gasteiger partial charge in [-0.2, -0.15) is 5.26 Å². The topological polar surface area (TPSA) is 75.0 Å². The normalized spacial score (nSPS) is 10.5. The van der Waals surface area contributed by atoms with Crippen LogP contribution in [-0.4, -0.2) is 23.1 Å². The van der Waals surface area contributed by atoms with E-state index in [1.165, 1.54) is 6.07 Å². The first kappa shape index (κ1) is 14.8. The van der Waals surface area contributed by atoms with Crippen molar-refractivity contribution in [1.82, 2.24) is 9.47 Å². The van der Waals surface area contributed by atoms with Crippen molar-refractivity contribution in [1.29, 1.82) is 5.26 Å². The second-order valence-electron chi connectivity index (χ2n) is 5.04. The minimum atomic E-state index is -0.0518. The lowest BCUT2D eigenvalue weighted by Gasteiger charge is -2.17. The number of pyridine rings is 1. The summed E-state index contributed by atoms with van der Waals surface area (Å²) in [5.41, 5.74) is 7.96. The number of rotatable bonds is 5. The molecule has 0 atom stereocenters. The smallest absolute Gasteiger partial charge is 0.250 e. The van der Waals surface area contributed by atoms with Crippen LogP contribution in [0.25, 0.3) is 0 Å². The molecule has 0 unspecified atom stereocenters. The average Bonchev–Trinajstić information content (AvgIpc) is 2.48. The van der Waals surface area contributed by atoms with Gasteiger partial charge in [-0.1, -0.05) is 12.1 Å². The maximum Gasteiger partial charge on any atom is 0.250 e. The maximum atomic E-state index is 11.7. The molecule has 108 valence electrons. The van der Waals surface area contributed by atoms with Crippen molar-refractivity contribution in [3.05, 3.63) is 64.1 Å². The van der Waals surface area contributed by atoms with Crippen molar-refractivity contribution in [2.75, 3.05) is 19.3 Å². The third kappa shape index (κ3) is 4.20. The molecule has 0 aliphatic rings. The highest BCUT2D eigenvalue weighted by Crippen LogP contribution is 2.07. The van der Waals surface area contributed by atoms with Crippen LogP contribution >= 0.6 is 0 Å². The summed E-state index contributed by atoms with van der Waals surface area (Å²) in [6.07, 6.45) is 1.66. The van der Waals surface area contributed by atoms with Crippen LogP contribution in [0.1, 0.15) is 11.1 Å². The van der Waals surface area contributed by atoms with E-state index in [1.807, 2.05) is 25.2 Å². The Morgan fingerprint density at radius 3 is 2.90 bits per heavy atom. The highest BCUT2D eigenvalue weighted by Gasteiger charge is 2.03. The Balaban J connectivity index is 1.96. The molecule has 5 heteroatoms. The summed E-state index contributed by atoms with van der Waals surface area (Å²) in [4.78, 5) is 13.8. The van der Waals surface area contributed by atoms with Crippen LogP contribution in [0.3, 0.4) is 0 Å². The Morgan fingerprint density at radius 2 is 2.14 bits per heavy atom. The molecular formula is C16H18N4O. The van der Waals surface area contributed by atoms with E-state index in [2.05, 4.69) is 11.0 Å². The second-order valence-corrected chi connectivity index (χ2v) is 5.04. The van der Waals surface area contributed by atoms with Crippen LogP contribution in [0, 0.1) is 11.3 Å². The third-order valence-corrected chi connectivity index (χ3v) is 3.24. The standard InChI is InChI=1S/C16H18N4O/c1-19(11-14-4-2-3-13(9-14)10-17)7-8-20-12-15(18)5-6-16(20)21/h2-6,9,12H,7-8,11,18H2,1H3. The van der Waals surface area contributed by atoms with Crippen molar-refractivity contribution in [3.8, 4) is 6.07 Å². The maximum absolute atomic E-state index is 11.7. The molecule has 0 radical (unpaired) electrons. The molecule has 0 spiro atoms. The quantitative estimate of drug-likeness (QED) is 0.900. The van der Waals surface area contributed by atoms with Crippen LogP contribution < -0.4 is 11.3 Å². The summed E-state index contributed by atoms with van der Waals surface area (Å²) in [7, 11) is 1.98.